The van der Waals surface area contributed by atoms with Gasteiger partial charge in [0.05, 0.1) is 18.4 Å². The van der Waals surface area contributed by atoms with E-state index in [2.05, 4.69) is 27.6 Å². The van der Waals surface area contributed by atoms with Crippen LogP contribution in [0.4, 0.5) is 5.82 Å². The van der Waals surface area contributed by atoms with Crippen LogP contribution in [0, 0.1) is 0 Å². The fraction of sp³-hybridized carbons (Fsp3) is 0.556. The number of imidazole rings is 1. The van der Waals surface area contributed by atoms with Crippen LogP contribution in [0.25, 0.3) is 0 Å². The molecule has 1 atom stereocenters. The molecule has 0 amide bonds. The summed E-state index contributed by atoms with van der Waals surface area (Å²) in [5.74, 6) is 1.61. The Hall–Kier alpha value is -1.01. The molecule has 6 heteroatoms. The van der Waals surface area contributed by atoms with Gasteiger partial charge in [0.25, 0.3) is 0 Å². The molecule has 0 aliphatic carbocycles. The Bertz CT molecular complexity index is 348. The van der Waals surface area contributed by atoms with E-state index in [4.69, 9.17) is 5.73 Å². The minimum absolute atomic E-state index is 0.153. The Kier molecular flexibility index (Phi) is 3.27. The second-order valence-electron chi connectivity index (χ2n) is 3.50. The third-order valence-electron chi connectivity index (χ3n) is 2.45. The molecule has 1 aromatic heterocycles. The number of hydrogen-bond donors (Lipinski definition) is 3. The van der Waals surface area contributed by atoms with Gasteiger partial charge in [0, 0.05) is 6.54 Å². The molecule has 1 aliphatic heterocycles. The molecule has 5 nitrogen and oxygen atoms in total. The Labute approximate surface area is 94.2 Å². The SMILES string of the molecule is NC1c2[nH]cnc2N=CN1CCCCS. The molecule has 0 spiro atoms. The molecular weight excluding hydrogens is 210 g/mol. The van der Waals surface area contributed by atoms with Gasteiger partial charge in [0.15, 0.2) is 5.82 Å². The van der Waals surface area contributed by atoms with Crippen LogP contribution in [0.5, 0.6) is 0 Å². The molecule has 0 saturated heterocycles. The van der Waals surface area contributed by atoms with Crippen molar-refractivity contribution in [3.63, 3.8) is 0 Å². The summed E-state index contributed by atoms with van der Waals surface area (Å²) in [6.45, 7) is 0.906. The largest absolute Gasteiger partial charge is 0.344 e. The molecule has 82 valence electrons. The van der Waals surface area contributed by atoms with Gasteiger partial charge in [-0.3, -0.25) is 0 Å². The van der Waals surface area contributed by atoms with Crippen LogP contribution in [0.3, 0.4) is 0 Å². The topological polar surface area (TPSA) is 70.3 Å². The molecule has 1 aromatic rings. The summed E-state index contributed by atoms with van der Waals surface area (Å²) in [6.07, 6.45) is 5.41. The molecule has 2 heterocycles. The van der Waals surface area contributed by atoms with Crippen LogP contribution < -0.4 is 5.73 Å². The monoisotopic (exact) mass is 225 g/mol. The lowest BCUT2D eigenvalue weighted by Crippen LogP contribution is -2.36. The molecular formula is C9H15N5S. The van der Waals surface area contributed by atoms with Gasteiger partial charge < -0.3 is 15.6 Å². The van der Waals surface area contributed by atoms with Crippen molar-refractivity contribution in [3.8, 4) is 0 Å². The first kappa shape index (κ1) is 10.5. The van der Waals surface area contributed by atoms with Crippen molar-refractivity contribution in [2.75, 3.05) is 12.3 Å². The third-order valence-corrected chi connectivity index (χ3v) is 2.77. The number of rotatable bonds is 4. The van der Waals surface area contributed by atoms with Crippen molar-refractivity contribution in [3.05, 3.63) is 12.0 Å². The highest BCUT2D eigenvalue weighted by molar-refractivity contribution is 7.80. The number of nitrogens with zero attached hydrogens (tertiary/aromatic N) is 3. The van der Waals surface area contributed by atoms with E-state index in [1.165, 1.54) is 0 Å². The number of aliphatic imine (C=N–C) groups is 1. The van der Waals surface area contributed by atoms with Gasteiger partial charge in [-0.05, 0) is 18.6 Å². The number of hydrogen-bond acceptors (Lipinski definition) is 5. The van der Waals surface area contributed by atoms with Crippen LogP contribution in [0.1, 0.15) is 24.7 Å². The summed E-state index contributed by atoms with van der Waals surface area (Å²) in [7, 11) is 0. The number of unbranched alkanes of at least 4 members (excludes halogenated alkanes) is 1. The standard InChI is InChI=1S/C9H15N5S/c10-8-7-9(12-5-11-7)13-6-14(8)3-1-2-4-15/h5-6,8,15H,1-4,10H2,(H,11,12). The van der Waals surface area contributed by atoms with Crippen LogP contribution in [-0.4, -0.2) is 33.5 Å². The lowest BCUT2D eigenvalue weighted by atomic mass is 10.2. The molecule has 0 radical (unpaired) electrons. The lowest BCUT2D eigenvalue weighted by molar-refractivity contribution is 0.318. The van der Waals surface area contributed by atoms with Crippen molar-refractivity contribution in [1.82, 2.24) is 14.9 Å². The van der Waals surface area contributed by atoms with E-state index in [1.807, 2.05) is 4.90 Å². The zero-order valence-electron chi connectivity index (χ0n) is 8.43. The predicted octanol–water partition coefficient (Wildman–Crippen LogP) is 1.05. The Morgan fingerprint density at radius 1 is 1.53 bits per heavy atom. The van der Waals surface area contributed by atoms with Crippen LogP contribution in [-0.2, 0) is 0 Å². The Balaban J connectivity index is 1.99. The maximum Gasteiger partial charge on any atom is 0.178 e. The molecule has 0 bridgehead atoms. The highest BCUT2D eigenvalue weighted by Crippen LogP contribution is 2.25. The van der Waals surface area contributed by atoms with Crippen molar-refractivity contribution in [2.24, 2.45) is 10.7 Å². The molecule has 2 rings (SSSR count). The molecule has 3 N–H and O–H groups in total. The second-order valence-corrected chi connectivity index (χ2v) is 3.94. The summed E-state index contributed by atoms with van der Waals surface area (Å²) >= 11 is 4.18. The zero-order valence-corrected chi connectivity index (χ0v) is 9.32. The Morgan fingerprint density at radius 3 is 3.20 bits per heavy atom. The second kappa shape index (κ2) is 4.67. The highest BCUT2D eigenvalue weighted by atomic mass is 32.1. The highest BCUT2D eigenvalue weighted by Gasteiger charge is 2.22. The van der Waals surface area contributed by atoms with E-state index in [1.54, 1.807) is 12.7 Å². The summed E-state index contributed by atoms with van der Waals surface area (Å²) < 4.78 is 0. The maximum absolute atomic E-state index is 6.06. The quantitative estimate of drug-likeness (QED) is 0.530. The predicted molar refractivity (Wildman–Crippen MR) is 63.5 cm³/mol. The zero-order chi connectivity index (χ0) is 10.7. The van der Waals surface area contributed by atoms with E-state index in [0.717, 1.165) is 30.8 Å². The maximum atomic E-state index is 6.06. The molecule has 0 fully saturated rings. The van der Waals surface area contributed by atoms with Crippen molar-refractivity contribution < 1.29 is 0 Å². The number of thiol groups is 1. The van der Waals surface area contributed by atoms with E-state index in [0.29, 0.717) is 5.82 Å². The van der Waals surface area contributed by atoms with Crippen molar-refractivity contribution in [2.45, 2.75) is 19.0 Å². The summed E-state index contributed by atoms with van der Waals surface area (Å²) in [6, 6.07) is 0. The van der Waals surface area contributed by atoms with Gasteiger partial charge in [-0.15, -0.1) is 0 Å². The fourth-order valence-electron chi connectivity index (χ4n) is 1.59. The van der Waals surface area contributed by atoms with Crippen LogP contribution in [0.2, 0.25) is 0 Å². The number of aromatic amines is 1. The van der Waals surface area contributed by atoms with Gasteiger partial charge in [-0.2, -0.15) is 12.6 Å². The minimum atomic E-state index is -0.153. The van der Waals surface area contributed by atoms with Gasteiger partial charge in [-0.25, -0.2) is 9.98 Å². The molecule has 0 aromatic carbocycles. The number of fused-ring (bicyclic) bond motifs is 1. The van der Waals surface area contributed by atoms with Crippen LogP contribution >= 0.6 is 12.6 Å². The average Bonchev–Trinajstić information content (AvgIpc) is 2.70. The summed E-state index contributed by atoms with van der Waals surface area (Å²) in [5, 5.41) is 0. The molecule has 1 aliphatic rings. The number of nitrogens with one attached hydrogen (secondary N) is 1. The van der Waals surface area contributed by atoms with Crippen LogP contribution in [0.15, 0.2) is 11.3 Å². The van der Waals surface area contributed by atoms with Crippen molar-refractivity contribution >= 4 is 24.8 Å². The summed E-state index contributed by atoms with van der Waals surface area (Å²) in [4.78, 5) is 13.3. The molecule has 0 saturated carbocycles. The van der Waals surface area contributed by atoms with Gasteiger partial charge in [0.2, 0.25) is 0 Å². The Morgan fingerprint density at radius 2 is 2.40 bits per heavy atom. The smallest absolute Gasteiger partial charge is 0.178 e. The first-order valence-electron chi connectivity index (χ1n) is 5.02. The minimum Gasteiger partial charge on any atom is -0.344 e. The van der Waals surface area contributed by atoms with Crippen molar-refractivity contribution in [1.29, 1.82) is 0 Å². The van der Waals surface area contributed by atoms with E-state index in [9.17, 15) is 0 Å². The number of H-pyrrole nitrogens is 1. The van der Waals surface area contributed by atoms with E-state index >= 15 is 0 Å². The first-order valence-corrected chi connectivity index (χ1v) is 5.66. The number of nitrogens with two attached hydrogens (primary N) is 1. The van der Waals surface area contributed by atoms with E-state index in [-0.39, 0.29) is 6.17 Å². The molecule has 1 unspecified atom stereocenters. The number of aromatic nitrogens is 2. The normalized spacial score (nSPS) is 19.3. The van der Waals surface area contributed by atoms with Gasteiger partial charge in [0.1, 0.15) is 6.17 Å². The van der Waals surface area contributed by atoms with Gasteiger partial charge >= 0.3 is 0 Å². The summed E-state index contributed by atoms with van der Waals surface area (Å²) in [5.41, 5.74) is 6.95. The van der Waals surface area contributed by atoms with E-state index < -0.39 is 0 Å². The molecule has 15 heavy (non-hydrogen) atoms. The fourth-order valence-corrected chi connectivity index (χ4v) is 1.81. The third kappa shape index (κ3) is 2.15. The van der Waals surface area contributed by atoms with Gasteiger partial charge in [-0.1, -0.05) is 0 Å². The average molecular weight is 225 g/mol. The first-order chi connectivity index (χ1) is 7.33. The lowest BCUT2D eigenvalue weighted by Gasteiger charge is -2.28.